The van der Waals surface area contributed by atoms with E-state index in [-0.39, 0.29) is 0 Å². The van der Waals surface area contributed by atoms with Crippen LogP contribution in [0.25, 0.3) is 0 Å². The molecule has 2 saturated heterocycles. The van der Waals surface area contributed by atoms with Gasteiger partial charge in [0.05, 0.1) is 30.1 Å². The fraction of sp³-hybridized carbons (Fsp3) is 0.500. The van der Waals surface area contributed by atoms with Crippen LogP contribution in [0.1, 0.15) is 25.0 Å². The van der Waals surface area contributed by atoms with Crippen LogP contribution in [0, 0.1) is 11.3 Å². The third kappa shape index (κ3) is 1.63. The van der Waals surface area contributed by atoms with Gasteiger partial charge in [-0.1, -0.05) is 0 Å². The smallest absolute Gasteiger partial charge is 0.140 e. The first kappa shape index (κ1) is 9.61. The summed E-state index contributed by atoms with van der Waals surface area (Å²) < 4.78 is 5.77. The second-order valence-corrected chi connectivity index (χ2v) is 4.40. The van der Waals surface area contributed by atoms with Crippen LogP contribution < -0.4 is 5.32 Å². The van der Waals surface area contributed by atoms with Crippen molar-refractivity contribution >= 4 is 5.69 Å². The Balaban J connectivity index is 1.68. The van der Waals surface area contributed by atoms with Crippen molar-refractivity contribution < 1.29 is 4.74 Å². The molecule has 0 unspecified atom stereocenters. The maximum atomic E-state index is 8.65. The van der Waals surface area contributed by atoms with Crippen molar-refractivity contribution in [1.29, 1.82) is 5.26 Å². The molecule has 0 radical (unpaired) electrons. The van der Waals surface area contributed by atoms with Crippen molar-refractivity contribution in [3.05, 3.63) is 24.0 Å². The van der Waals surface area contributed by atoms with Crippen molar-refractivity contribution in [2.24, 2.45) is 0 Å². The number of nitrogens with zero attached hydrogens (tertiary/aromatic N) is 2. The third-order valence-corrected chi connectivity index (χ3v) is 3.34. The summed E-state index contributed by atoms with van der Waals surface area (Å²) in [6, 6.07) is 6.05. The Kier molecular flexibility index (Phi) is 2.26. The number of ether oxygens (including phenoxy) is 1. The molecule has 16 heavy (non-hydrogen) atoms. The Morgan fingerprint density at radius 2 is 2.38 bits per heavy atom. The average Bonchev–Trinajstić information content (AvgIpc) is 2.92. The van der Waals surface area contributed by atoms with E-state index < -0.39 is 0 Å². The lowest BCUT2D eigenvalue weighted by atomic mass is 9.95. The SMILES string of the molecule is N#Cc1ccc(N[C@H]2C[C@@H]3CC[C@@H]2O3)cn1. The van der Waals surface area contributed by atoms with Gasteiger partial charge in [-0.3, -0.25) is 0 Å². The molecule has 1 N–H and O–H groups in total. The van der Waals surface area contributed by atoms with Crippen LogP contribution in [0.3, 0.4) is 0 Å². The van der Waals surface area contributed by atoms with Gasteiger partial charge in [-0.25, -0.2) is 4.98 Å². The quantitative estimate of drug-likeness (QED) is 0.815. The average molecular weight is 215 g/mol. The van der Waals surface area contributed by atoms with Gasteiger partial charge in [-0.15, -0.1) is 0 Å². The minimum atomic E-state index is 0.362. The van der Waals surface area contributed by atoms with Gasteiger partial charge in [0.25, 0.3) is 0 Å². The number of aromatic nitrogens is 1. The fourth-order valence-electron chi connectivity index (χ4n) is 2.55. The summed E-state index contributed by atoms with van der Waals surface area (Å²) >= 11 is 0. The molecular formula is C12H13N3O. The van der Waals surface area contributed by atoms with Crippen molar-refractivity contribution in [3.8, 4) is 6.07 Å². The molecule has 0 spiro atoms. The van der Waals surface area contributed by atoms with E-state index in [9.17, 15) is 0 Å². The number of anilines is 1. The van der Waals surface area contributed by atoms with E-state index in [0.717, 1.165) is 18.5 Å². The lowest BCUT2D eigenvalue weighted by Crippen LogP contribution is -2.30. The zero-order valence-corrected chi connectivity index (χ0v) is 8.89. The van der Waals surface area contributed by atoms with Crippen LogP contribution in [-0.4, -0.2) is 23.2 Å². The molecule has 2 aliphatic rings. The molecular weight excluding hydrogens is 202 g/mol. The van der Waals surface area contributed by atoms with Gasteiger partial charge in [-0.05, 0) is 31.4 Å². The van der Waals surface area contributed by atoms with E-state index in [4.69, 9.17) is 10.00 Å². The predicted molar refractivity (Wildman–Crippen MR) is 58.9 cm³/mol. The standard InChI is InChI=1S/C12H13N3O/c13-6-8-1-2-9(7-14-8)15-11-5-10-3-4-12(11)16-10/h1-2,7,10-12,15H,3-5H2/t10-,11-,12-/m0/s1. The lowest BCUT2D eigenvalue weighted by molar-refractivity contribution is 0.102. The molecule has 0 saturated carbocycles. The van der Waals surface area contributed by atoms with Crippen molar-refractivity contribution in [2.75, 3.05) is 5.32 Å². The highest BCUT2D eigenvalue weighted by atomic mass is 16.5. The van der Waals surface area contributed by atoms with Crippen LogP contribution in [-0.2, 0) is 4.74 Å². The third-order valence-electron chi connectivity index (χ3n) is 3.34. The Morgan fingerprint density at radius 3 is 2.94 bits per heavy atom. The van der Waals surface area contributed by atoms with E-state index in [2.05, 4.69) is 10.3 Å². The minimum Gasteiger partial charge on any atom is -0.378 e. The topological polar surface area (TPSA) is 57.9 Å². The van der Waals surface area contributed by atoms with Gasteiger partial charge in [0, 0.05) is 0 Å². The summed E-state index contributed by atoms with van der Waals surface area (Å²) in [5.41, 5.74) is 1.43. The van der Waals surface area contributed by atoms with Crippen LogP contribution in [0.15, 0.2) is 18.3 Å². The number of rotatable bonds is 2. The molecule has 82 valence electrons. The molecule has 2 bridgehead atoms. The van der Waals surface area contributed by atoms with E-state index in [1.165, 1.54) is 6.42 Å². The summed E-state index contributed by atoms with van der Waals surface area (Å²) in [5, 5.41) is 12.1. The number of hydrogen-bond donors (Lipinski definition) is 1. The minimum absolute atomic E-state index is 0.362. The number of nitrogens with one attached hydrogen (secondary N) is 1. The Bertz CT molecular complexity index is 423. The van der Waals surface area contributed by atoms with Gasteiger partial charge in [0.2, 0.25) is 0 Å². The fourth-order valence-corrected chi connectivity index (χ4v) is 2.55. The molecule has 1 aromatic rings. The van der Waals surface area contributed by atoms with Crippen LogP contribution in [0.4, 0.5) is 5.69 Å². The van der Waals surface area contributed by atoms with Crippen molar-refractivity contribution in [3.63, 3.8) is 0 Å². The van der Waals surface area contributed by atoms with E-state index in [0.29, 0.717) is 23.9 Å². The second kappa shape index (κ2) is 3.76. The summed E-state index contributed by atoms with van der Waals surface area (Å²) in [4.78, 5) is 4.04. The number of pyridine rings is 1. The number of fused-ring (bicyclic) bond motifs is 2. The van der Waals surface area contributed by atoms with E-state index in [1.807, 2.05) is 12.1 Å². The van der Waals surface area contributed by atoms with Gasteiger partial charge in [0.15, 0.2) is 0 Å². The molecule has 2 fully saturated rings. The van der Waals surface area contributed by atoms with Crippen LogP contribution in [0.2, 0.25) is 0 Å². The van der Waals surface area contributed by atoms with Gasteiger partial charge >= 0.3 is 0 Å². The van der Waals surface area contributed by atoms with Crippen LogP contribution in [0.5, 0.6) is 0 Å². The molecule has 3 atom stereocenters. The van der Waals surface area contributed by atoms with E-state index in [1.54, 1.807) is 12.3 Å². The predicted octanol–water partition coefficient (Wildman–Crippen LogP) is 1.69. The highest BCUT2D eigenvalue weighted by molar-refractivity contribution is 5.44. The number of hydrogen-bond acceptors (Lipinski definition) is 4. The Morgan fingerprint density at radius 1 is 1.44 bits per heavy atom. The zero-order chi connectivity index (χ0) is 11.0. The molecule has 0 amide bonds. The highest BCUT2D eigenvalue weighted by Crippen LogP contribution is 2.35. The van der Waals surface area contributed by atoms with E-state index >= 15 is 0 Å². The van der Waals surface area contributed by atoms with Crippen molar-refractivity contribution in [1.82, 2.24) is 4.98 Å². The largest absolute Gasteiger partial charge is 0.378 e. The summed E-state index contributed by atoms with van der Waals surface area (Å²) in [6.45, 7) is 0. The van der Waals surface area contributed by atoms with Crippen molar-refractivity contribution in [2.45, 2.75) is 37.5 Å². The number of nitriles is 1. The molecule has 4 nitrogen and oxygen atoms in total. The molecule has 3 rings (SSSR count). The summed E-state index contributed by atoms with van der Waals surface area (Å²) in [5.74, 6) is 0. The molecule has 3 heterocycles. The Labute approximate surface area is 94.2 Å². The monoisotopic (exact) mass is 215 g/mol. The second-order valence-electron chi connectivity index (χ2n) is 4.40. The molecule has 0 aromatic carbocycles. The first-order valence-corrected chi connectivity index (χ1v) is 5.63. The summed E-state index contributed by atoms with van der Waals surface area (Å²) in [6.07, 6.45) is 5.98. The van der Waals surface area contributed by atoms with Gasteiger partial charge in [0.1, 0.15) is 11.8 Å². The lowest BCUT2D eigenvalue weighted by Gasteiger charge is -2.20. The normalized spacial score (nSPS) is 31.3. The first-order valence-electron chi connectivity index (χ1n) is 5.63. The molecule has 0 aliphatic carbocycles. The molecule has 2 aliphatic heterocycles. The van der Waals surface area contributed by atoms with Gasteiger partial charge in [-0.2, -0.15) is 5.26 Å². The zero-order valence-electron chi connectivity index (χ0n) is 8.89. The molecule has 4 heteroatoms. The Hall–Kier alpha value is -1.60. The van der Waals surface area contributed by atoms with Crippen LogP contribution >= 0.6 is 0 Å². The maximum absolute atomic E-state index is 8.65. The first-order chi connectivity index (χ1) is 7.85. The highest BCUT2D eigenvalue weighted by Gasteiger charge is 2.40. The summed E-state index contributed by atoms with van der Waals surface area (Å²) in [7, 11) is 0. The van der Waals surface area contributed by atoms with Gasteiger partial charge < -0.3 is 10.1 Å². The molecule has 1 aromatic heterocycles. The maximum Gasteiger partial charge on any atom is 0.140 e.